The number of anilines is 1. The summed E-state index contributed by atoms with van der Waals surface area (Å²) >= 11 is 0. The Balaban J connectivity index is 2.08. The molecule has 8 nitrogen and oxygen atoms in total. The monoisotopic (exact) mass is 364 g/mol. The average Bonchev–Trinajstić information content (AvgIpc) is 2.54. The van der Waals surface area contributed by atoms with Gasteiger partial charge in [0, 0.05) is 6.07 Å². The summed E-state index contributed by atoms with van der Waals surface area (Å²) in [5.74, 6) is -1.63. The van der Waals surface area contributed by atoms with Gasteiger partial charge in [-0.3, -0.25) is 14.9 Å². The Morgan fingerprint density at radius 3 is 2.48 bits per heavy atom. The van der Waals surface area contributed by atoms with Crippen LogP contribution < -0.4 is 10.1 Å². The largest absolute Gasteiger partial charge is 0.494 e. The molecule has 0 aromatic heterocycles. The number of hydrogen-bond donors (Lipinski definition) is 1. The van der Waals surface area contributed by atoms with Crippen LogP contribution in [0.15, 0.2) is 48.5 Å². The van der Waals surface area contributed by atoms with Gasteiger partial charge in [-0.2, -0.15) is 0 Å². The third kappa shape index (κ3) is 5.28. The minimum absolute atomic E-state index is 0.0722. The molecule has 1 amide bonds. The fourth-order valence-corrected chi connectivity index (χ4v) is 3.44. The molecular weight excluding hydrogens is 348 g/mol. The molecule has 2 rings (SSSR count). The third-order valence-corrected chi connectivity index (χ3v) is 4.73. The number of nitro benzene ring substituents is 1. The van der Waals surface area contributed by atoms with Gasteiger partial charge in [0.1, 0.15) is 11.5 Å². The number of sulfone groups is 1. The van der Waals surface area contributed by atoms with E-state index in [0.29, 0.717) is 5.56 Å². The van der Waals surface area contributed by atoms with Gasteiger partial charge < -0.3 is 10.1 Å². The van der Waals surface area contributed by atoms with Crippen molar-refractivity contribution in [2.45, 2.75) is 5.75 Å². The normalized spacial score (nSPS) is 10.9. The van der Waals surface area contributed by atoms with Crippen LogP contribution in [0.3, 0.4) is 0 Å². The van der Waals surface area contributed by atoms with Crippen molar-refractivity contribution in [1.82, 2.24) is 0 Å². The SMILES string of the molecule is COc1cc([N+](=O)[O-])ccc1NC(=O)CS(=O)(=O)Cc1ccccc1. The van der Waals surface area contributed by atoms with Crippen LogP contribution in [0.2, 0.25) is 0 Å². The van der Waals surface area contributed by atoms with E-state index in [1.807, 2.05) is 0 Å². The number of nitro groups is 1. The average molecular weight is 364 g/mol. The molecule has 9 heteroatoms. The molecule has 0 aliphatic heterocycles. The van der Waals surface area contributed by atoms with Gasteiger partial charge in [-0.1, -0.05) is 30.3 Å². The van der Waals surface area contributed by atoms with Crippen molar-refractivity contribution in [1.29, 1.82) is 0 Å². The van der Waals surface area contributed by atoms with Gasteiger partial charge in [0.25, 0.3) is 5.69 Å². The lowest BCUT2D eigenvalue weighted by molar-refractivity contribution is -0.384. The highest BCUT2D eigenvalue weighted by molar-refractivity contribution is 7.91. The lowest BCUT2D eigenvalue weighted by atomic mass is 10.2. The van der Waals surface area contributed by atoms with E-state index >= 15 is 0 Å². The topological polar surface area (TPSA) is 116 Å². The number of nitrogens with zero attached hydrogens (tertiary/aromatic N) is 1. The second-order valence-corrected chi connectivity index (χ2v) is 7.27. The number of rotatable bonds is 7. The molecule has 1 N–H and O–H groups in total. The summed E-state index contributed by atoms with van der Waals surface area (Å²) in [5.41, 5.74) is 0.544. The predicted molar refractivity (Wildman–Crippen MR) is 92.2 cm³/mol. The van der Waals surface area contributed by atoms with Crippen molar-refractivity contribution >= 4 is 27.1 Å². The number of carbonyl (C=O) groups excluding carboxylic acids is 1. The minimum Gasteiger partial charge on any atom is -0.494 e. The van der Waals surface area contributed by atoms with Crippen LogP contribution >= 0.6 is 0 Å². The maximum Gasteiger partial charge on any atom is 0.273 e. The van der Waals surface area contributed by atoms with Crippen molar-refractivity contribution < 1.29 is 22.9 Å². The lowest BCUT2D eigenvalue weighted by Gasteiger charge is -2.10. The number of amides is 1. The van der Waals surface area contributed by atoms with Crippen LogP contribution in [0.4, 0.5) is 11.4 Å². The fourth-order valence-electron chi connectivity index (χ4n) is 2.16. The van der Waals surface area contributed by atoms with Gasteiger partial charge in [-0.05, 0) is 11.6 Å². The molecule has 0 fully saturated rings. The molecule has 0 saturated carbocycles. The summed E-state index contributed by atoms with van der Waals surface area (Å²) < 4.78 is 29.2. The number of hydrogen-bond acceptors (Lipinski definition) is 6. The van der Waals surface area contributed by atoms with E-state index in [1.165, 1.54) is 19.2 Å². The molecular formula is C16H16N2O6S. The van der Waals surface area contributed by atoms with Crippen LogP contribution in [0, 0.1) is 10.1 Å². The summed E-state index contributed by atoms with van der Waals surface area (Å²) in [7, 11) is -2.36. The van der Waals surface area contributed by atoms with E-state index in [2.05, 4.69) is 5.32 Å². The minimum atomic E-state index is -3.66. The summed E-state index contributed by atoms with van der Waals surface area (Å²) in [5, 5.41) is 13.2. The van der Waals surface area contributed by atoms with Crippen LogP contribution in [-0.2, 0) is 20.4 Å². The molecule has 25 heavy (non-hydrogen) atoms. The second kappa shape index (κ2) is 7.75. The Kier molecular flexibility index (Phi) is 5.71. The Bertz CT molecular complexity index is 881. The zero-order chi connectivity index (χ0) is 18.4. The van der Waals surface area contributed by atoms with Gasteiger partial charge in [0.15, 0.2) is 9.84 Å². The molecule has 2 aromatic rings. The fraction of sp³-hybridized carbons (Fsp3) is 0.188. The van der Waals surface area contributed by atoms with Gasteiger partial charge >= 0.3 is 0 Å². The maximum atomic E-state index is 12.1. The molecule has 0 radical (unpaired) electrons. The molecule has 2 aromatic carbocycles. The molecule has 0 saturated heterocycles. The highest BCUT2D eigenvalue weighted by Gasteiger charge is 2.19. The quantitative estimate of drug-likeness (QED) is 0.594. The summed E-state index contributed by atoms with van der Waals surface area (Å²) in [4.78, 5) is 22.2. The number of non-ortho nitro benzene ring substituents is 1. The van der Waals surface area contributed by atoms with Crippen LogP contribution in [0.5, 0.6) is 5.75 Å². The van der Waals surface area contributed by atoms with E-state index in [0.717, 1.165) is 6.07 Å². The van der Waals surface area contributed by atoms with Gasteiger partial charge in [0.05, 0.1) is 29.5 Å². The molecule has 0 heterocycles. The highest BCUT2D eigenvalue weighted by Crippen LogP contribution is 2.29. The Hall–Kier alpha value is -2.94. The number of carbonyl (C=O) groups is 1. The first kappa shape index (κ1) is 18.4. The Morgan fingerprint density at radius 1 is 1.20 bits per heavy atom. The number of ether oxygens (including phenoxy) is 1. The third-order valence-electron chi connectivity index (χ3n) is 3.25. The van der Waals surface area contributed by atoms with Crippen molar-refractivity contribution in [3.63, 3.8) is 0 Å². The van der Waals surface area contributed by atoms with Gasteiger partial charge in [-0.15, -0.1) is 0 Å². The van der Waals surface area contributed by atoms with Gasteiger partial charge in [-0.25, -0.2) is 8.42 Å². The first-order valence-electron chi connectivity index (χ1n) is 7.17. The molecule has 0 unspecified atom stereocenters. The Morgan fingerprint density at radius 2 is 1.88 bits per heavy atom. The van der Waals surface area contributed by atoms with Gasteiger partial charge in [0.2, 0.25) is 5.91 Å². The van der Waals surface area contributed by atoms with Crippen LogP contribution in [0.1, 0.15) is 5.56 Å². The highest BCUT2D eigenvalue weighted by atomic mass is 32.2. The van der Waals surface area contributed by atoms with Crippen molar-refractivity contribution in [2.75, 3.05) is 18.2 Å². The first-order valence-corrected chi connectivity index (χ1v) is 8.99. The van der Waals surface area contributed by atoms with Crippen molar-refractivity contribution in [3.8, 4) is 5.75 Å². The first-order chi connectivity index (χ1) is 11.8. The van der Waals surface area contributed by atoms with E-state index < -0.39 is 26.4 Å². The molecule has 0 bridgehead atoms. The van der Waals surface area contributed by atoms with Crippen molar-refractivity contribution in [3.05, 3.63) is 64.2 Å². The number of nitrogens with one attached hydrogen (secondary N) is 1. The molecule has 0 aliphatic carbocycles. The van der Waals surface area contributed by atoms with Crippen molar-refractivity contribution in [2.24, 2.45) is 0 Å². The molecule has 132 valence electrons. The lowest BCUT2D eigenvalue weighted by Crippen LogP contribution is -2.24. The zero-order valence-electron chi connectivity index (χ0n) is 13.3. The van der Waals surface area contributed by atoms with Crippen LogP contribution in [0.25, 0.3) is 0 Å². The van der Waals surface area contributed by atoms with Crippen LogP contribution in [-0.4, -0.2) is 32.1 Å². The second-order valence-electron chi connectivity index (χ2n) is 5.21. The van der Waals surface area contributed by atoms with E-state index in [9.17, 15) is 23.3 Å². The number of benzene rings is 2. The molecule has 0 atom stereocenters. The molecule has 0 aliphatic rings. The predicted octanol–water partition coefficient (Wildman–Crippen LogP) is 2.16. The molecule has 0 spiro atoms. The van der Waals surface area contributed by atoms with E-state index in [1.54, 1.807) is 30.3 Å². The maximum absolute atomic E-state index is 12.1. The summed E-state index contributed by atoms with van der Waals surface area (Å²) in [6.45, 7) is 0. The van der Waals surface area contributed by atoms with E-state index in [4.69, 9.17) is 4.74 Å². The van der Waals surface area contributed by atoms with E-state index in [-0.39, 0.29) is 22.9 Å². The summed E-state index contributed by atoms with van der Waals surface area (Å²) in [6, 6.07) is 12.1. The zero-order valence-corrected chi connectivity index (χ0v) is 14.2. The standard InChI is InChI=1S/C16H16N2O6S/c1-24-15-9-13(18(20)21)7-8-14(15)17-16(19)11-25(22,23)10-12-5-3-2-4-6-12/h2-9H,10-11H2,1H3,(H,17,19). The smallest absolute Gasteiger partial charge is 0.273 e. The Labute approximate surface area is 144 Å². The summed E-state index contributed by atoms with van der Waals surface area (Å²) in [6.07, 6.45) is 0. The number of methoxy groups -OCH3 is 1.